The maximum Gasteiger partial charge on any atom is 0.241 e. The fourth-order valence-electron chi connectivity index (χ4n) is 2.23. The molecule has 5 heteroatoms. The van der Waals surface area contributed by atoms with Gasteiger partial charge in [-0.15, -0.1) is 0 Å². The molecule has 1 aromatic rings. The average Bonchev–Trinajstić information content (AvgIpc) is 2.69. The van der Waals surface area contributed by atoms with Gasteiger partial charge < -0.3 is 4.74 Å². The zero-order valence-electron chi connectivity index (χ0n) is 11.9. The van der Waals surface area contributed by atoms with E-state index in [0.29, 0.717) is 25.9 Å². The number of benzene rings is 1. The summed E-state index contributed by atoms with van der Waals surface area (Å²) in [6.45, 7) is 4.24. The molecule has 2 amide bonds. The standard InChI is InChI=1S/C15H20N2O3/c1-15(2)11-13(18)16-17(15)14(19)9-6-10-20-12-7-4-3-5-8-12/h3-5,7-8H,6,9-11H2,1-2H3,(H,16,18). The third-order valence-corrected chi connectivity index (χ3v) is 3.23. The first-order chi connectivity index (χ1) is 9.49. The Balaban J connectivity index is 1.74. The molecular weight excluding hydrogens is 256 g/mol. The molecule has 0 aromatic heterocycles. The van der Waals surface area contributed by atoms with E-state index < -0.39 is 5.54 Å². The SMILES string of the molecule is CC1(C)CC(=O)NN1C(=O)CCCOc1ccccc1. The van der Waals surface area contributed by atoms with Gasteiger partial charge in [0.1, 0.15) is 5.75 Å². The Bertz CT molecular complexity index is 485. The third kappa shape index (κ3) is 3.50. The molecule has 0 spiro atoms. The molecular formula is C15H20N2O3. The monoisotopic (exact) mass is 276 g/mol. The summed E-state index contributed by atoms with van der Waals surface area (Å²) in [7, 11) is 0. The molecule has 108 valence electrons. The number of para-hydroxylation sites is 1. The first kappa shape index (κ1) is 14.4. The van der Waals surface area contributed by atoms with Crippen LogP contribution in [0.1, 0.15) is 33.1 Å². The van der Waals surface area contributed by atoms with Gasteiger partial charge in [0.15, 0.2) is 0 Å². The molecule has 2 rings (SSSR count). The second kappa shape index (κ2) is 5.94. The van der Waals surface area contributed by atoms with Crippen LogP contribution in [0.3, 0.4) is 0 Å². The van der Waals surface area contributed by atoms with Crippen molar-refractivity contribution >= 4 is 11.8 Å². The fraction of sp³-hybridized carbons (Fsp3) is 0.467. The Labute approximate surface area is 118 Å². The number of ether oxygens (including phenoxy) is 1. The predicted octanol–water partition coefficient (Wildman–Crippen LogP) is 1.89. The zero-order valence-corrected chi connectivity index (χ0v) is 11.9. The number of amides is 2. The number of carbonyl (C=O) groups is 2. The molecule has 5 nitrogen and oxygen atoms in total. The van der Waals surface area contributed by atoms with Gasteiger partial charge in [-0.3, -0.25) is 15.0 Å². The summed E-state index contributed by atoms with van der Waals surface area (Å²) in [5, 5.41) is 1.44. The minimum absolute atomic E-state index is 0.0717. The number of nitrogens with zero attached hydrogens (tertiary/aromatic N) is 1. The van der Waals surface area contributed by atoms with Crippen molar-refractivity contribution in [3.8, 4) is 5.75 Å². The van der Waals surface area contributed by atoms with Gasteiger partial charge in [-0.25, -0.2) is 5.01 Å². The number of hydrazine groups is 1. The van der Waals surface area contributed by atoms with E-state index in [1.54, 1.807) is 0 Å². The minimum atomic E-state index is -0.450. The molecule has 1 aliphatic rings. The lowest BCUT2D eigenvalue weighted by molar-refractivity contribution is -0.140. The lowest BCUT2D eigenvalue weighted by Crippen LogP contribution is -2.48. The number of nitrogens with one attached hydrogen (secondary N) is 1. The molecule has 1 fully saturated rings. The summed E-state index contributed by atoms with van der Waals surface area (Å²) < 4.78 is 5.53. The Kier molecular flexibility index (Phi) is 4.27. The Hall–Kier alpha value is -2.04. The highest BCUT2D eigenvalue weighted by molar-refractivity contribution is 5.87. The second-order valence-electron chi connectivity index (χ2n) is 5.52. The number of hydrogen-bond acceptors (Lipinski definition) is 3. The topological polar surface area (TPSA) is 58.6 Å². The third-order valence-electron chi connectivity index (χ3n) is 3.23. The Morgan fingerprint density at radius 2 is 2.05 bits per heavy atom. The molecule has 0 aliphatic carbocycles. The summed E-state index contributed by atoms with van der Waals surface area (Å²) >= 11 is 0. The second-order valence-corrected chi connectivity index (χ2v) is 5.52. The van der Waals surface area contributed by atoms with E-state index in [2.05, 4.69) is 5.43 Å². The van der Waals surface area contributed by atoms with Gasteiger partial charge in [-0.05, 0) is 32.4 Å². The van der Waals surface area contributed by atoms with E-state index in [-0.39, 0.29) is 11.8 Å². The van der Waals surface area contributed by atoms with Gasteiger partial charge in [0.2, 0.25) is 11.8 Å². The van der Waals surface area contributed by atoms with Crippen molar-refractivity contribution < 1.29 is 14.3 Å². The van der Waals surface area contributed by atoms with Crippen molar-refractivity contribution in [1.29, 1.82) is 0 Å². The van der Waals surface area contributed by atoms with Crippen LogP contribution >= 0.6 is 0 Å². The van der Waals surface area contributed by atoms with Crippen molar-refractivity contribution in [3.05, 3.63) is 30.3 Å². The molecule has 1 aliphatic heterocycles. The quantitative estimate of drug-likeness (QED) is 0.835. The van der Waals surface area contributed by atoms with E-state index in [1.165, 1.54) is 5.01 Å². The molecule has 20 heavy (non-hydrogen) atoms. The highest BCUT2D eigenvalue weighted by atomic mass is 16.5. The molecule has 0 atom stereocenters. The summed E-state index contributed by atoms with van der Waals surface area (Å²) in [6.07, 6.45) is 1.33. The van der Waals surface area contributed by atoms with Gasteiger partial charge in [-0.1, -0.05) is 18.2 Å². The molecule has 0 unspecified atom stereocenters. The average molecular weight is 276 g/mol. The van der Waals surface area contributed by atoms with Crippen LogP contribution in [-0.2, 0) is 9.59 Å². The molecule has 0 bridgehead atoms. The van der Waals surface area contributed by atoms with Gasteiger partial charge in [-0.2, -0.15) is 0 Å². The fourth-order valence-corrected chi connectivity index (χ4v) is 2.23. The molecule has 1 aromatic carbocycles. The van der Waals surface area contributed by atoms with E-state index >= 15 is 0 Å². The van der Waals surface area contributed by atoms with Crippen molar-refractivity contribution in [3.63, 3.8) is 0 Å². The van der Waals surface area contributed by atoms with Crippen LogP contribution < -0.4 is 10.2 Å². The van der Waals surface area contributed by atoms with E-state index in [4.69, 9.17) is 4.74 Å². The van der Waals surface area contributed by atoms with Crippen LogP contribution in [0.15, 0.2) is 30.3 Å². The summed E-state index contributed by atoms with van der Waals surface area (Å²) in [5.41, 5.74) is 2.16. The highest BCUT2D eigenvalue weighted by Gasteiger charge is 2.40. The van der Waals surface area contributed by atoms with Crippen LogP contribution in [0.5, 0.6) is 5.75 Å². The van der Waals surface area contributed by atoms with Crippen LogP contribution in [0.2, 0.25) is 0 Å². The van der Waals surface area contributed by atoms with E-state index in [9.17, 15) is 9.59 Å². The summed E-state index contributed by atoms with van der Waals surface area (Å²) in [4.78, 5) is 23.4. The van der Waals surface area contributed by atoms with Crippen molar-refractivity contribution in [2.24, 2.45) is 0 Å². The largest absolute Gasteiger partial charge is 0.494 e. The smallest absolute Gasteiger partial charge is 0.241 e. The van der Waals surface area contributed by atoms with E-state index in [1.807, 2.05) is 44.2 Å². The number of hydrogen-bond donors (Lipinski definition) is 1. The molecule has 1 N–H and O–H groups in total. The lowest BCUT2D eigenvalue weighted by Gasteiger charge is -2.29. The molecule has 1 saturated heterocycles. The first-order valence-electron chi connectivity index (χ1n) is 6.79. The summed E-state index contributed by atoms with van der Waals surface area (Å²) in [6, 6.07) is 9.50. The van der Waals surface area contributed by atoms with Crippen LogP contribution in [-0.4, -0.2) is 29.0 Å². The Morgan fingerprint density at radius 3 is 2.65 bits per heavy atom. The maximum atomic E-state index is 12.1. The zero-order chi connectivity index (χ0) is 14.6. The normalized spacial score (nSPS) is 16.9. The van der Waals surface area contributed by atoms with Gasteiger partial charge in [0.05, 0.1) is 18.6 Å². The van der Waals surface area contributed by atoms with Crippen molar-refractivity contribution in [2.45, 2.75) is 38.6 Å². The predicted molar refractivity (Wildman–Crippen MR) is 74.9 cm³/mol. The Morgan fingerprint density at radius 1 is 1.35 bits per heavy atom. The molecule has 0 radical (unpaired) electrons. The lowest BCUT2D eigenvalue weighted by atomic mass is 10.0. The maximum absolute atomic E-state index is 12.1. The van der Waals surface area contributed by atoms with Gasteiger partial charge >= 0.3 is 0 Å². The number of rotatable bonds is 5. The minimum Gasteiger partial charge on any atom is -0.494 e. The molecule has 1 heterocycles. The first-order valence-corrected chi connectivity index (χ1v) is 6.79. The van der Waals surface area contributed by atoms with Crippen LogP contribution in [0, 0.1) is 0 Å². The van der Waals surface area contributed by atoms with E-state index in [0.717, 1.165) is 5.75 Å². The van der Waals surface area contributed by atoms with Crippen molar-refractivity contribution in [2.75, 3.05) is 6.61 Å². The van der Waals surface area contributed by atoms with Gasteiger partial charge in [0, 0.05) is 6.42 Å². The van der Waals surface area contributed by atoms with Crippen LogP contribution in [0.4, 0.5) is 0 Å². The summed E-state index contributed by atoms with van der Waals surface area (Å²) in [5.74, 6) is 0.621. The van der Waals surface area contributed by atoms with Crippen molar-refractivity contribution in [1.82, 2.24) is 10.4 Å². The van der Waals surface area contributed by atoms with Crippen LogP contribution in [0.25, 0.3) is 0 Å². The van der Waals surface area contributed by atoms with Gasteiger partial charge in [0.25, 0.3) is 0 Å². The molecule has 0 saturated carbocycles. The number of carbonyl (C=O) groups excluding carboxylic acids is 2. The highest BCUT2D eigenvalue weighted by Crippen LogP contribution is 2.23.